The summed E-state index contributed by atoms with van der Waals surface area (Å²) in [6.45, 7) is 5.20. The molecule has 0 spiro atoms. The number of imide groups is 1. The van der Waals surface area contributed by atoms with Crippen LogP contribution in [0, 0.1) is 5.92 Å². The number of carbonyl (C=O) groups excluding carboxylic acids is 3. The molecule has 0 fully saturated rings. The van der Waals surface area contributed by atoms with Crippen LogP contribution in [0.3, 0.4) is 0 Å². The van der Waals surface area contributed by atoms with Crippen molar-refractivity contribution in [3.63, 3.8) is 0 Å². The Morgan fingerprint density at radius 3 is 2.59 bits per heavy atom. The minimum absolute atomic E-state index is 0.227. The molecule has 0 radical (unpaired) electrons. The van der Waals surface area contributed by atoms with Crippen LogP contribution in [0.2, 0.25) is 0 Å². The first kappa shape index (κ1) is 18.6. The number of fused-ring (bicyclic) bond motifs is 1. The molecule has 0 saturated carbocycles. The zero-order valence-corrected chi connectivity index (χ0v) is 15.4. The van der Waals surface area contributed by atoms with Gasteiger partial charge in [-0.25, -0.2) is 0 Å². The summed E-state index contributed by atoms with van der Waals surface area (Å²) in [6.07, 6.45) is 0.955. The second-order valence-corrected chi connectivity index (χ2v) is 6.86. The molecule has 0 atom stereocenters. The summed E-state index contributed by atoms with van der Waals surface area (Å²) in [6, 6.07) is 12.0. The molecule has 0 aliphatic carbocycles. The minimum Gasteiger partial charge on any atom is -0.493 e. The normalized spacial score (nSPS) is 12.7. The molecule has 6 nitrogen and oxygen atoms in total. The zero-order chi connectivity index (χ0) is 19.4. The van der Waals surface area contributed by atoms with E-state index in [1.54, 1.807) is 0 Å². The van der Waals surface area contributed by atoms with Crippen molar-refractivity contribution in [1.82, 2.24) is 10.6 Å². The lowest BCUT2D eigenvalue weighted by Crippen LogP contribution is -2.23. The molecule has 140 valence electrons. The molecular weight excluding hydrogens is 344 g/mol. The Hall–Kier alpha value is -3.15. The third-order valence-corrected chi connectivity index (χ3v) is 4.36. The molecular formula is C21H22N2O4. The van der Waals surface area contributed by atoms with Gasteiger partial charge in [-0.15, -0.1) is 0 Å². The Bertz CT molecular complexity index is 890. The fraction of sp³-hybridized carbons (Fsp3) is 0.286. The number of carbonyl (C=O) groups is 3. The van der Waals surface area contributed by atoms with Gasteiger partial charge < -0.3 is 10.1 Å². The SMILES string of the molecule is CC(C)CCOc1ccccc1CNC(=O)c1ccc2c(c1)C(=O)NC2=O. The number of benzene rings is 2. The lowest BCUT2D eigenvalue weighted by atomic mass is 10.1. The summed E-state index contributed by atoms with van der Waals surface area (Å²) in [7, 11) is 0. The van der Waals surface area contributed by atoms with Gasteiger partial charge in [-0.05, 0) is 36.6 Å². The van der Waals surface area contributed by atoms with Crippen molar-refractivity contribution in [1.29, 1.82) is 0 Å². The van der Waals surface area contributed by atoms with Crippen LogP contribution in [0.1, 0.15) is 56.9 Å². The smallest absolute Gasteiger partial charge is 0.258 e. The predicted molar refractivity (Wildman–Crippen MR) is 101 cm³/mol. The van der Waals surface area contributed by atoms with Gasteiger partial charge in [0.2, 0.25) is 0 Å². The number of rotatable bonds is 7. The van der Waals surface area contributed by atoms with Crippen LogP contribution >= 0.6 is 0 Å². The van der Waals surface area contributed by atoms with E-state index < -0.39 is 11.8 Å². The van der Waals surface area contributed by atoms with E-state index >= 15 is 0 Å². The number of ether oxygens (including phenoxy) is 1. The third kappa shape index (κ3) is 4.34. The van der Waals surface area contributed by atoms with Crippen molar-refractivity contribution < 1.29 is 19.1 Å². The van der Waals surface area contributed by atoms with Crippen LogP contribution in [0.25, 0.3) is 0 Å². The molecule has 1 heterocycles. The van der Waals surface area contributed by atoms with E-state index in [0.29, 0.717) is 30.2 Å². The molecule has 2 N–H and O–H groups in total. The molecule has 3 rings (SSSR count). The van der Waals surface area contributed by atoms with E-state index in [0.717, 1.165) is 17.7 Å². The maximum Gasteiger partial charge on any atom is 0.258 e. The van der Waals surface area contributed by atoms with Gasteiger partial charge in [0.05, 0.1) is 17.7 Å². The topological polar surface area (TPSA) is 84.5 Å². The second kappa shape index (κ2) is 8.03. The van der Waals surface area contributed by atoms with Gasteiger partial charge >= 0.3 is 0 Å². The van der Waals surface area contributed by atoms with Gasteiger partial charge in [-0.3, -0.25) is 19.7 Å². The van der Waals surface area contributed by atoms with Crippen LogP contribution in [0.5, 0.6) is 5.75 Å². The molecule has 0 unspecified atom stereocenters. The molecule has 6 heteroatoms. The first-order valence-electron chi connectivity index (χ1n) is 8.94. The van der Waals surface area contributed by atoms with Gasteiger partial charge in [-0.1, -0.05) is 32.0 Å². The highest BCUT2D eigenvalue weighted by Gasteiger charge is 2.27. The third-order valence-electron chi connectivity index (χ3n) is 4.36. The second-order valence-electron chi connectivity index (χ2n) is 6.86. The zero-order valence-electron chi connectivity index (χ0n) is 15.4. The Balaban J connectivity index is 1.66. The fourth-order valence-electron chi connectivity index (χ4n) is 2.78. The molecule has 1 aliphatic heterocycles. The lowest BCUT2D eigenvalue weighted by Gasteiger charge is -2.13. The van der Waals surface area contributed by atoms with Crippen LogP contribution in [0.15, 0.2) is 42.5 Å². The summed E-state index contributed by atoms with van der Waals surface area (Å²) < 4.78 is 5.83. The van der Waals surface area contributed by atoms with Crippen LogP contribution in [-0.4, -0.2) is 24.3 Å². The highest BCUT2D eigenvalue weighted by atomic mass is 16.5. The standard InChI is InChI=1S/C21H22N2O4/c1-13(2)9-10-27-18-6-4-3-5-15(18)12-22-19(24)14-7-8-16-17(11-14)21(26)23-20(16)25/h3-8,11,13H,9-10,12H2,1-2H3,(H,22,24)(H,23,25,26). The van der Waals surface area contributed by atoms with Gasteiger partial charge in [0.1, 0.15) is 5.75 Å². The average Bonchev–Trinajstić information content (AvgIpc) is 2.94. The summed E-state index contributed by atoms with van der Waals surface area (Å²) in [5.74, 6) is 0.0723. The highest BCUT2D eigenvalue weighted by Crippen LogP contribution is 2.20. The van der Waals surface area contributed by atoms with Gasteiger partial charge in [0, 0.05) is 17.7 Å². The highest BCUT2D eigenvalue weighted by molar-refractivity contribution is 6.22. The van der Waals surface area contributed by atoms with Gasteiger partial charge in [-0.2, -0.15) is 0 Å². The van der Waals surface area contributed by atoms with Crippen molar-refractivity contribution in [3.8, 4) is 5.75 Å². The van der Waals surface area contributed by atoms with E-state index in [1.165, 1.54) is 18.2 Å². The van der Waals surface area contributed by atoms with Crippen molar-refractivity contribution >= 4 is 17.7 Å². The Kier molecular flexibility index (Phi) is 5.54. The number of hydrogen-bond donors (Lipinski definition) is 2. The largest absolute Gasteiger partial charge is 0.493 e. The first-order chi connectivity index (χ1) is 13.0. The molecule has 2 aromatic rings. The lowest BCUT2D eigenvalue weighted by molar-refractivity contribution is 0.0878. The fourth-order valence-corrected chi connectivity index (χ4v) is 2.78. The van der Waals surface area contributed by atoms with Crippen molar-refractivity contribution in [2.24, 2.45) is 5.92 Å². The summed E-state index contributed by atoms with van der Waals surface area (Å²) >= 11 is 0. The van der Waals surface area contributed by atoms with Crippen LogP contribution in [0.4, 0.5) is 0 Å². The number of para-hydroxylation sites is 1. The molecule has 27 heavy (non-hydrogen) atoms. The van der Waals surface area contributed by atoms with Crippen molar-refractivity contribution in [3.05, 3.63) is 64.7 Å². The van der Waals surface area contributed by atoms with E-state index in [9.17, 15) is 14.4 Å². The number of amides is 3. The maximum absolute atomic E-state index is 12.5. The Labute approximate surface area is 157 Å². The maximum atomic E-state index is 12.5. The number of hydrogen-bond acceptors (Lipinski definition) is 4. The first-order valence-corrected chi connectivity index (χ1v) is 8.94. The average molecular weight is 366 g/mol. The molecule has 0 bridgehead atoms. The van der Waals surface area contributed by atoms with Gasteiger partial charge in [0.25, 0.3) is 17.7 Å². The Morgan fingerprint density at radius 1 is 1.07 bits per heavy atom. The van der Waals surface area contributed by atoms with E-state index in [-0.39, 0.29) is 11.5 Å². The van der Waals surface area contributed by atoms with E-state index in [2.05, 4.69) is 24.5 Å². The Morgan fingerprint density at radius 2 is 1.81 bits per heavy atom. The van der Waals surface area contributed by atoms with Crippen molar-refractivity contribution in [2.45, 2.75) is 26.8 Å². The summed E-state index contributed by atoms with van der Waals surface area (Å²) in [4.78, 5) is 35.8. The number of nitrogens with one attached hydrogen (secondary N) is 2. The van der Waals surface area contributed by atoms with Crippen LogP contribution in [-0.2, 0) is 6.54 Å². The molecule has 0 saturated heterocycles. The van der Waals surface area contributed by atoms with Gasteiger partial charge in [0.15, 0.2) is 0 Å². The monoisotopic (exact) mass is 366 g/mol. The quantitative estimate of drug-likeness (QED) is 0.738. The minimum atomic E-state index is -0.478. The predicted octanol–water partition coefficient (Wildman–Crippen LogP) is 2.93. The van der Waals surface area contributed by atoms with Crippen molar-refractivity contribution in [2.75, 3.05) is 6.61 Å². The van der Waals surface area contributed by atoms with Crippen LogP contribution < -0.4 is 15.4 Å². The molecule has 0 aromatic heterocycles. The molecule has 1 aliphatic rings. The molecule has 2 aromatic carbocycles. The summed E-state index contributed by atoms with van der Waals surface area (Å²) in [5, 5.41) is 5.05. The van der Waals surface area contributed by atoms with E-state index in [4.69, 9.17) is 4.74 Å². The summed E-state index contributed by atoms with van der Waals surface area (Å²) in [5.41, 5.74) is 1.73. The van der Waals surface area contributed by atoms with E-state index in [1.807, 2.05) is 24.3 Å². The molecule has 3 amide bonds.